The summed E-state index contributed by atoms with van der Waals surface area (Å²) in [7, 11) is 1.52. The second-order valence-electron chi connectivity index (χ2n) is 4.50. The van der Waals surface area contributed by atoms with Crippen LogP contribution in [0.5, 0.6) is 5.75 Å². The third-order valence-electron chi connectivity index (χ3n) is 3.25. The third kappa shape index (κ3) is 2.82. The Bertz CT molecular complexity index is 416. The normalized spacial score (nSPS) is 23.4. The molecule has 0 saturated heterocycles. The smallest absolute Gasteiger partial charge is 0.342 e. The largest absolute Gasteiger partial charge is 0.496 e. The van der Waals surface area contributed by atoms with Crippen LogP contribution in [-0.2, 0) is 4.74 Å². The second kappa shape index (κ2) is 5.87. The number of esters is 1. The predicted octanol–water partition coefficient (Wildman–Crippen LogP) is 2.16. The molecule has 2 atom stereocenters. The van der Waals surface area contributed by atoms with Crippen LogP contribution < -0.4 is 4.74 Å². The molecule has 4 heteroatoms. The van der Waals surface area contributed by atoms with E-state index in [-0.39, 0.29) is 0 Å². The van der Waals surface area contributed by atoms with Crippen molar-refractivity contribution in [1.82, 2.24) is 0 Å². The van der Waals surface area contributed by atoms with E-state index in [1.165, 1.54) is 7.11 Å². The van der Waals surface area contributed by atoms with E-state index in [2.05, 4.69) is 0 Å². The number of methoxy groups -OCH3 is 1. The topological polar surface area (TPSA) is 55.8 Å². The molecular weight excluding hydrogens is 232 g/mol. The number of hydrogen-bond donors (Lipinski definition) is 1. The van der Waals surface area contributed by atoms with Gasteiger partial charge in [-0.15, -0.1) is 0 Å². The summed E-state index contributed by atoms with van der Waals surface area (Å²) in [5, 5.41) is 9.78. The van der Waals surface area contributed by atoms with Gasteiger partial charge in [-0.3, -0.25) is 0 Å². The summed E-state index contributed by atoms with van der Waals surface area (Å²) in [5.74, 6) is 0.0613. The van der Waals surface area contributed by atoms with Gasteiger partial charge in [0.05, 0.1) is 13.2 Å². The summed E-state index contributed by atoms with van der Waals surface area (Å²) in [4.78, 5) is 12.0. The number of aliphatic hydroxyl groups is 1. The maximum atomic E-state index is 12.0. The van der Waals surface area contributed by atoms with Gasteiger partial charge in [-0.05, 0) is 31.4 Å². The molecule has 0 radical (unpaired) electrons. The molecule has 0 amide bonds. The summed E-state index contributed by atoms with van der Waals surface area (Å²) in [6.07, 6.45) is 2.46. The summed E-state index contributed by atoms with van der Waals surface area (Å²) < 4.78 is 10.5. The van der Waals surface area contributed by atoms with Crippen LogP contribution in [0.1, 0.15) is 36.0 Å². The van der Waals surface area contributed by atoms with Gasteiger partial charge in [0.25, 0.3) is 0 Å². The molecule has 1 aromatic carbocycles. The maximum Gasteiger partial charge on any atom is 0.342 e. The third-order valence-corrected chi connectivity index (χ3v) is 3.25. The maximum absolute atomic E-state index is 12.0. The van der Waals surface area contributed by atoms with Crippen LogP contribution in [0.3, 0.4) is 0 Å². The van der Waals surface area contributed by atoms with Gasteiger partial charge >= 0.3 is 5.97 Å². The Balaban J connectivity index is 2.07. The number of aliphatic hydroxyl groups excluding tert-OH is 1. The Labute approximate surface area is 107 Å². The van der Waals surface area contributed by atoms with Crippen molar-refractivity contribution in [2.45, 2.75) is 37.9 Å². The van der Waals surface area contributed by atoms with Gasteiger partial charge in [0.15, 0.2) is 0 Å². The van der Waals surface area contributed by atoms with Crippen molar-refractivity contribution >= 4 is 5.97 Å². The SMILES string of the molecule is COc1ccccc1C(=O)O[C@H]1CCCC[C@@H]1O. The van der Waals surface area contributed by atoms with Gasteiger partial charge in [0.1, 0.15) is 17.4 Å². The van der Waals surface area contributed by atoms with E-state index in [9.17, 15) is 9.90 Å². The van der Waals surface area contributed by atoms with E-state index in [0.717, 1.165) is 19.3 Å². The Morgan fingerprint density at radius 1 is 1.28 bits per heavy atom. The molecule has 1 saturated carbocycles. The van der Waals surface area contributed by atoms with Crippen molar-refractivity contribution in [2.24, 2.45) is 0 Å². The Hall–Kier alpha value is -1.55. The molecule has 0 heterocycles. The van der Waals surface area contributed by atoms with E-state index < -0.39 is 18.2 Å². The van der Waals surface area contributed by atoms with Crippen LogP contribution in [0.4, 0.5) is 0 Å². The van der Waals surface area contributed by atoms with E-state index in [1.807, 2.05) is 0 Å². The molecule has 4 nitrogen and oxygen atoms in total. The Morgan fingerprint density at radius 2 is 2.00 bits per heavy atom. The Morgan fingerprint density at radius 3 is 2.72 bits per heavy atom. The predicted molar refractivity (Wildman–Crippen MR) is 66.7 cm³/mol. The molecule has 1 N–H and O–H groups in total. The average molecular weight is 250 g/mol. The first-order chi connectivity index (χ1) is 8.72. The van der Waals surface area contributed by atoms with Crippen molar-refractivity contribution in [1.29, 1.82) is 0 Å². The molecule has 1 fully saturated rings. The first-order valence-corrected chi connectivity index (χ1v) is 6.24. The van der Waals surface area contributed by atoms with Crippen molar-refractivity contribution in [3.05, 3.63) is 29.8 Å². The van der Waals surface area contributed by atoms with Crippen molar-refractivity contribution in [3.63, 3.8) is 0 Å². The van der Waals surface area contributed by atoms with Gasteiger partial charge in [-0.1, -0.05) is 18.6 Å². The van der Waals surface area contributed by atoms with Gasteiger partial charge in [-0.25, -0.2) is 4.79 Å². The van der Waals surface area contributed by atoms with Crippen LogP contribution in [-0.4, -0.2) is 30.4 Å². The molecule has 0 spiro atoms. The molecule has 0 bridgehead atoms. The number of carbonyl (C=O) groups excluding carboxylic acids is 1. The number of rotatable bonds is 3. The number of hydrogen-bond acceptors (Lipinski definition) is 4. The minimum absolute atomic E-state index is 0.392. The van der Waals surface area contributed by atoms with Gasteiger partial charge in [-0.2, -0.15) is 0 Å². The lowest BCUT2D eigenvalue weighted by atomic mass is 9.95. The first-order valence-electron chi connectivity index (χ1n) is 6.24. The standard InChI is InChI=1S/C14H18O4/c1-17-12-8-4-2-6-10(12)14(16)18-13-9-5-3-7-11(13)15/h2,4,6,8,11,13,15H,3,5,7,9H2,1H3/t11-,13-/m0/s1. The lowest BCUT2D eigenvalue weighted by Crippen LogP contribution is -2.34. The van der Waals surface area contributed by atoms with E-state index in [0.29, 0.717) is 17.7 Å². The van der Waals surface area contributed by atoms with Crippen molar-refractivity contribution in [2.75, 3.05) is 7.11 Å². The highest BCUT2D eigenvalue weighted by molar-refractivity contribution is 5.92. The van der Waals surface area contributed by atoms with E-state index in [1.54, 1.807) is 24.3 Å². The van der Waals surface area contributed by atoms with Crippen LogP contribution in [0.25, 0.3) is 0 Å². The van der Waals surface area contributed by atoms with Crippen LogP contribution >= 0.6 is 0 Å². The molecule has 0 aromatic heterocycles. The fraction of sp³-hybridized carbons (Fsp3) is 0.500. The highest BCUT2D eigenvalue weighted by atomic mass is 16.6. The first kappa shape index (κ1) is 12.9. The molecule has 2 rings (SSSR count). The molecule has 0 aliphatic heterocycles. The quantitative estimate of drug-likeness (QED) is 0.835. The van der Waals surface area contributed by atoms with Crippen LogP contribution in [0.15, 0.2) is 24.3 Å². The van der Waals surface area contributed by atoms with Crippen molar-refractivity contribution < 1.29 is 19.4 Å². The van der Waals surface area contributed by atoms with Gasteiger partial charge < -0.3 is 14.6 Å². The molecule has 1 aliphatic rings. The van der Waals surface area contributed by atoms with Gasteiger partial charge in [0, 0.05) is 0 Å². The highest BCUT2D eigenvalue weighted by Gasteiger charge is 2.27. The molecule has 1 aliphatic carbocycles. The highest BCUT2D eigenvalue weighted by Crippen LogP contribution is 2.24. The zero-order valence-electron chi connectivity index (χ0n) is 10.5. The lowest BCUT2D eigenvalue weighted by Gasteiger charge is -2.27. The summed E-state index contributed by atoms with van der Waals surface area (Å²) in [5.41, 5.74) is 0.401. The monoisotopic (exact) mass is 250 g/mol. The van der Waals surface area contributed by atoms with Crippen LogP contribution in [0, 0.1) is 0 Å². The zero-order chi connectivity index (χ0) is 13.0. The van der Waals surface area contributed by atoms with E-state index >= 15 is 0 Å². The molecular formula is C14H18O4. The number of ether oxygens (including phenoxy) is 2. The van der Waals surface area contributed by atoms with Crippen molar-refractivity contribution in [3.8, 4) is 5.75 Å². The van der Waals surface area contributed by atoms with E-state index in [4.69, 9.17) is 9.47 Å². The molecule has 1 aromatic rings. The van der Waals surface area contributed by atoms with Gasteiger partial charge in [0.2, 0.25) is 0 Å². The number of carbonyl (C=O) groups is 1. The minimum atomic E-state index is -0.544. The summed E-state index contributed by atoms with van der Waals surface area (Å²) in [6, 6.07) is 6.94. The number of benzene rings is 1. The summed E-state index contributed by atoms with van der Waals surface area (Å²) in [6.45, 7) is 0. The zero-order valence-corrected chi connectivity index (χ0v) is 10.5. The fourth-order valence-corrected chi connectivity index (χ4v) is 2.23. The second-order valence-corrected chi connectivity index (χ2v) is 4.50. The Kier molecular flexibility index (Phi) is 4.20. The molecule has 98 valence electrons. The van der Waals surface area contributed by atoms with Crippen LogP contribution in [0.2, 0.25) is 0 Å². The molecule has 18 heavy (non-hydrogen) atoms. The lowest BCUT2D eigenvalue weighted by molar-refractivity contribution is -0.0362. The average Bonchev–Trinajstić information content (AvgIpc) is 2.41. The fourth-order valence-electron chi connectivity index (χ4n) is 2.23. The number of para-hydroxylation sites is 1. The molecule has 0 unspecified atom stereocenters. The minimum Gasteiger partial charge on any atom is -0.496 e. The summed E-state index contributed by atoms with van der Waals surface area (Å²) >= 11 is 0.